The highest BCUT2D eigenvalue weighted by atomic mass is 32.2. The molecule has 0 aliphatic carbocycles. The van der Waals surface area contributed by atoms with Crippen molar-refractivity contribution in [3.63, 3.8) is 0 Å². The second-order valence-corrected chi connectivity index (χ2v) is 8.33. The van der Waals surface area contributed by atoms with Crippen molar-refractivity contribution in [3.05, 3.63) is 0 Å². The third-order valence-electron chi connectivity index (χ3n) is 4.44. The molecule has 2 heterocycles. The van der Waals surface area contributed by atoms with Crippen LogP contribution in [0.5, 0.6) is 0 Å². The Hall–Kier alpha value is -0.660. The van der Waals surface area contributed by atoms with E-state index in [1.165, 1.54) is 0 Å². The Balaban J connectivity index is 1.68. The largest absolute Gasteiger partial charge is 0.377 e. The lowest BCUT2D eigenvalue weighted by atomic mass is 10.2. The number of hydrogen-bond acceptors (Lipinski definition) is 4. The van der Waals surface area contributed by atoms with Gasteiger partial charge in [0, 0.05) is 26.1 Å². The van der Waals surface area contributed by atoms with Crippen LogP contribution < -0.4 is 0 Å². The number of ether oxygens (including phenoxy) is 1. The molecule has 1 unspecified atom stereocenters. The van der Waals surface area contributed by atoms with E-state index in [-0.39, 0.29) is 17.7 Å². The summed E-state index contributed by atoms with van der Waals surface area (Å²) in [5.74, 6) is 0.282. The number of carbonyl (C=O) groups excluding carboxylic acids is 1. The summed E-state index contributed by atoms with van der Waals surface area (Å²) in [5.41, 5.74) is 0. The number of hydrogen-bond donors (Lipinski definition) is 0. The first-order valence-corrected chi connectivity index (χ1v) is 9.96. The van der Waals surface area contributed by atoms with Gasteiger partial charge in [0.1, 0.15) is 0 Å². The first-order valence-electron chi connectivity index (χ1n) is 8.36. The number of morpholine rings is 1. The highest BCUT2D eigenvalue weighted by molar-refractivity contribution is 7.89. The van der Waals surface area contributed by atoms with E-state index >= 15 is 0 Å². The summed E-state index contributed by atoms with van der Waals surface area (Å²) in [7, 11) is -3.13. The number of amides is 1. The van der Waals surface area contributed by atoms with Crippen molar-refractivity contribution in [2.75, 3.05) is 38.6 Å². The molecule has 128 valence electrons. The van der Waals surface area contributed by atoms with Crippen molar-refractivity contribution in [2.24, 2.45) is 0 Å². The van der Waals surface area contributed by atoms with Gasteiger partial charge in [-0.3, -0.25) is 4.79 Å². The Morgan fingerprint density at radius 2 is 1.86 bits per heavy atom. The molecule has 2 rings (SSSR count). The summed E-state index contributed by atoms with van der Waals surface area (Å²) in [4.78, 5) is 14.0. The van der Waals surface area contributed by atoms with Gasteiger partial charge in [-0.15, -0.1) is 0 Å². The van der Waals surface area contributed by atoms with Crippen LogP contribution in [0.15, 0.2) is 0 Å². The van der Waals surface area contributed by atoms with Crippen molar-refractivity contribution in [3.8, 4) is 0 Å². The molecule has 0 aromatic heterocycles. The highest BCUT2D eigenvalue weighted by Gasteiger charge is 2.25. The quantitative estimate of drug-likeness (QED) is 0.686. The fourth-order valence-corrected chi connectivity index (χ4v) is 4.72. The zero-order valence-corrected chi connectivity index (χ0v) is 14.3. The predicted octanol–water partition coefficient (Wildman–Crippen LogP) is 1.22. The maximum absolute atomic E-state index is 12.2. The number of rotatable bonds is 6. The van der Waals surface area contributed by atoms with Gasteiger partial charge < -0.3 is 9.64 Å². The lowest BCUT2D eigenvalue weighted by molar-refractivity contribution is -0.139. The molecule has 0 saturated carbocycles. The van der Waals surface area contributed by atoms with Gasteiger partial charge in [-0.25, -0.2) is 12.7 Å². The number of piperidine rings is 1. The van der Waals surface area contributed by atoms with Crippen LogP contribution >= 0.6 is 0 Å². The molecular formula is C15H28N2O4S. The number of nitrogens with zero attached hydrogens (tertiary/aromatic N) is 2. The molecule has 7 heteroatoms. The highest BCUT2D eigenvalue weighted by Crippen LogP contribution is 2.15. The second kappa shape index (κ2) is 8.26. The van der Waals surface area contributed by atoms with Gasteiger partial charge >= 0.3 is 0 Å². The molecule has 0 aromatic rings. The molecule has 2 fully saturated rings. The van der Waals surface area contributed by atoms with Crippen molar-refractivity contribution >= 4 is 15.9 Å². The van der Waals surface area contributed by atoms with Crippen molar-refractivity contribution in [1.82, 2.24) is 9.21 Å². The van der Waals surface area contributed by atoms with E-state index in [9.17, 15) is 13.2 Å². The number of carbonyl (C=O) groups is 1. The normalized spacial score (nSPS) is 24.4. The van der Waals surface area contributed by atoms with Crippen LogP contribution in [0.3, 0.4) is 0 Å². The van der Waals surface area contributed by atoms with Gasteiger partial charge in [-0.2, -0.15) is 0 Å². The van der Waals surface area contributed by atoms with Crippen molar-refractivity contribution in [1.29, 1.82) is 0 Å². The van der Waals surface area contributed by atoms with E-state index < -0.39 is 10.0 Å². The van der Waals surface area contributed by atoms with Gasteiger partial charge in [0.25, 0.3) is 0 Å². The van der Waals surface area contributed by atoms with Crippen LogP contribution in [0.4, 0.5) is 0 Å². The third kappa shape index (κ3) is 4.93. The molecule has 6 nitrogen and oxygen atoms in total. The van der Waals surface area contributed by atoms with Crippen LogP contribution in [0.2, 0.25) is 0 Å². The van der Waals surface area contributed by atoms with Crippen LogP contribution in [-0.2, 0) is 19.6 Å². The summed E-state index contributed by atoms with van der Waals surface area (Å²) >= 11 is 0. The molecule has 2 saturated heterocycles. The van der Waals surface area contributed by atoms with Crippen LogP contribution in [0.1, 0.15) is 45.4 Å². The minimum absolute atomic E-state index is 0.117. The van der Waals surface area contributed by atoms with E-state index in [0.29, 0.717) is 52.1 Å². The Labute approximate surface area is 133 Å². The Bertz CT molecular complexity index is 460. The minimum Gasteiger partial charge on any atom is -0.377 e. The fraction of sp³-hybridized carbons (Fsp3) is 0.933. The maximum Gasteiger partial charge on any atom is 0.222 e. The molecule has 2 aliphatic heterocycles. The Morgan fingerprint density at radius 1 is 1.14 bits per heavy atom. The predicted molar refractivity (Wildman–Crippen MR) is 85.1 cm³/mol. The number of sulfonamides is 1. The van der Waals surface area contributed by atoms with Crippen molar-refractivity contribution in [2.45, 2.75) is 51.5 Å². The summed E-state index contributed by atoms with van der Waals surface area (Å²) in [6.45, 7) is 5.14. The van der Waals surface area contributed by atoms with Gasteiger partial charge in [0.2, 0.25) is 15.9 Å². The van der Waals surface area contributed by atoms with E-state index in [0.717, 1.165) is 19.3 Å². The molecule has 22 heavy (non-hydrogen) atoms. The standard InChI is InChI=1S/C15H28N2O4S/c1-14-13-21-11-10-17(14)15(18)7-3-6-12-22(19,20)16-8-4-2-5-9-16/h14H,2-13H2,1H3. The summed E-state index contributed by atoms with van der Waals surface area (Å²) in [6.07, 6.45) is 4.68. The average molecular weight is 332 g/mol. The Kier molecular flexibility index (Phi) is 6.65. The van der Waals surface area contributed by atoms with Gasteiger partial charge in [-0.1, -0.05) is 6.42 Å². The molecular weight excluding hydrogens is 304 g/mol. The lowest BCUT2D eigenvalue weighted by Gasteiger charge is -2.33. The molecule has 1 atom stereocenters. The molecule has 0 aromatic carbocycles. The van der Waals surface area contributed by atoms with E-state index in [1.807, 2.05) is 11.8 Å². The van der Waals surface area contributed by atoms with Crippen molar-refractivity contribution < 1.29 is 17.9 Å². The minimum atomic E-state index is -3.13. The molecule has 0 radical (unpaired) electrons. The first kappa shape index (κ1) is 17.7. The topological polar surface area (TPSA) is 66.9 Å². The smallest absolute Gasteiger partial charge is 0.222 e. The monoisotopic (exact) mass is 332 g/mol. The summed E-state index contributed by atoms with van der Waals surface area (Å²) < 4.78 is 31.3. The maximum atomic E-state index is 12.2. The first-order chi connectivity index (χ1) is 10.5. The van der Waals surface area contributed by atoms with E-state index in [4.69, 9.17) is 4.74 Å². The van der Waals surface area contributed by atoms with Crippen LogP contribution in [-0.4, -0.2) is 68.2 Å². The number of unbranched alkanes of at least 4 members (excludes halogenated alkanes) is 1. The summed E-state index contributed by atoms with van der Waals surface area (Å²) in [5, 5.41) is 0. The molecule has 0 N–H and O–H groups in total. The van der Waals surface area contributed by atoms with Crippen LogP contribution in [0, 0.1) is 0 Å². The molecule has 0 bridgehead atoms. The Morgan fingerprint density at radius 3 is 2.55 bits per heavy atom. The lowest BCUT2D eigenvalue weighted by Crippen LogP contribution is -2.47. The van der Waals surface area contributed by atoms with E-state index in [2.05, 4.69) is 0 Å². The van der Waals surface area contributed by atoms with Gasteiger partial charge in [0.15, 0.2) is 0 Å². The molecule has 1 amide bonds. The average Bonchev–Trinajstić information content (AvgIpc) is 2.53. The SMILES string of the molecule is CC1COCCN1C(=O)CCCCS(=O)(=O)N1CCCCC1. The van der Waals surface area contributed by atoms with Gasteiger partial charge in [0.05, 0.1) is 25.0 Å². The van der Waals surface area contributed by atoms with Gasteiger partial charge in [-0.05, 0) is 32.6 Å². The van der Waals surface area contributed by atoms with Crippen LogP contribution in [0.25, 0.3) is 0 Å². The zero-order chi connectivity index (χ0) is 16.0. The molecule has 0 spiro atoms. The zero-order valence-electron chi connectivity index (χ0n) is 13.5. The fourth-order valence-electron chi connectivity index (χ4n) is 3.07. The second-order valence-electron chi connectivity index (χ2n) is 6.24. The van der Waals surface area contributed by atoms with E-state index in [1.54, 1.807) is 4.31 Å². The molecule has 2 aliphatic rings. The summed E-state index contributed by atoms with van der Waals surface area (Å²) in [6, 6.07) is 0.123. The third-order valence-corrected chi connectivity index (χ3v) is 6.40.